The van der Waals surface area contributed by atoms with Crippen LogP contribution >= 0.6 is 15.9 Å². The fourth-order valence-corrected chi connectivity index (χ4v) is 2.85. The molecule has 0 fully saturated rings. The number of rotatable bonds is 6. The van der Waals surface area contributed by atoms with Gasteiger partial charge in [-0.1, -0.05) is 34.1 Å². The molecule has 0 aliphatic rings. The maximum Gasteiger partial charge on any atom is 0.460 e. The highest BCUT2D eigenvalue weighted by atomic mass is 79.9. The maximum atomic E-state index is 13.8. The lowest BCUT2D eigenvalue weighted by Gasteiger charge is -2.39. The number of hydrogen-bond acceptors (Lipinski definition) is 1. The molecule has 1 nitrogen and oxygen atoms in total. The fourth-order valence-electron chi connectivity index (χ4n) is 2.14. The van der Waals surface area contributed by atoms with Crippen LogP contribution in [0.5, 0.6) is 0 Å². The lowest BCUT2D eigenvalue weighted by molar-refractivity contribution is -0.424. The molecule has 27 heavy (non-hydrogen) atoms. The molecule has 1 N–H and O–H groups in total. The molecule has 0 aromatic heterocycles. The lowest BCUT2D eigenvalue weighted by atomic mass is 9.85. The molecule has 0 saturated heterocycles. The van der Waals surface area contributed by atoms with Crippen LogP contribution < -0.4 is 0 Å². The molecular formula is C14H10BrF11O. The summed E-state index contributed by atoms with van der Waals surface area (Å²) in [4.78, 5) is 0. The van der Waals surface area contributed by atoms with Crippen LogP contribution in [0.2, 0.25) is 0 Å². The average molecular weight is 483 g/mol. The van der Waals surface area contributed by atoms with Gasteiger partial charge in [0, 0.05) is 4.47 Å². The molecule has 1 unspecified atom stereocenters. The van der Waals surface area contributed by atoms with E-state index in [-0.39, 0.29) is 4.47 Å². The van der Waals surface area contributed by atoms with Crippen molar-refractivity contribution in [3.8, 4) is 0 Å². The van der Waals surface area contributed by atoms with Crippen LogP contribution in [0.4, 0.5) is 48.3 Å². The first-order valence-electron chi connectivity index (χ1n) is 6.78. The summed E-state index contributed by atoms with van der Waals surface area (Å²) in [6.07, 6.45) is -9.79. The smallest absolute Gasteiger partial charge is 0.385 e. The van der Waals surface area contributed by atoms with Crippen LogP contribution in [0.25, 0.3) is 0 Å². The van der Waals surface area contributed by atoms with E-state index in [2.05, 4.69) is 15.9 Å². The van der Waals surface area contributed by atoms with Crippen molar-refractivity contribution in [2.24, 2.45) is 0 Å². The van der Waals surface area contributed by atoms with Gasteiger partial charge in [0.2, 0.25) is 0 Å². The zero-order valence-electron chi connectivity index (χ0n) is 13.0. The first-order valence-corrected chi connectivity index (χ1v) is 7.57. The second-order valence-corrected chi connectivity index (χ2v) is 6.71. The van der Waals surface area contributed by atoms with Crippen molar-refractivity contribution in [3.63, 3.8) is 0 Å². The fraction of sp³-hybridized carbons (Fsp3) is 0.571. The standard InChI is InChI=1S/C14H10BrF11O/c1-9(27,7-4-2-3-5-8(7)15)6-10(16,17)11(18,19)12(20,21)13(22,23)14(24,25)26/h2-5,27H,6H2,1H3. The molecule has 0 amide bonds. The molecule has 1 atom stereocenters. The Morgan fingerprint density at radius 3 is 1.63 bits per heavy atom. The number of alkyl halides is 11. The molecule has 0 bridgehead atoms. The normalized spacial score (nSPS) is 17.0. The molecule has 13 heteroatoms. The van der Waals surface area contributed by atoms with Crippen LogP contribution in [0.1, 0.15) is 18.9 Å². The van der Waals surface area contributed by atoms with Crippen LogP contribution in [0, 0.1) is 0 Å². The number of benzene rings is 1. The van der Waals surface area contributed by atoms with Gasteiger partial charge in [0.1, 0.15) is 0 Å². The van der Waals surface area contributed by atoms with E-state index in [0.717, 1.165) is 18.2 Å². The quantitative estimate of drug-likeness (QED) is 0.482. The summed E-state index contributed by atoms with van der Waals surface area (Å²) in [6.45, 7) is 0.483. The largest absolute Gasteiger partial charge is 0.460 e. The third-order valence-corrected chi connectivity index (χ3v) is 4.32. The van der Waals surface area contributed by atoms with Crippen molar-refractivity contribution in [3.05, 3.63) is 34.3 Å². The Labute approximate surface area is 153 Å². The molecular weight excluding hydrogens is 473 g/mol. The summed E-state index contributed by atoms with van der Waals surface area (Å²) in [6, 6.07) is 4.55. The summed E-state index contributed by atoms with van der Waals surface area (Å²) in [5.74, 6) is -28.2. The van der Waals surface area contributed by atoms with Crippen molar-refractivity contribution in [2.75, 3.05) is 0 Å². The van der Waals surface area contributed by atoms with E-state index in [1.54, 1.807) is 0 Å². The highest BCUT2D eigenvalue weighted by molar-refractivity contribution is 9.10. The highest BCUT2D eigenvalue weighted by Gasteiger charge is 2.87. The molecule has 0 aliphatic carbocycles. The Bertz CT molecular complexity index is 682. The molecule has 0 spiro atoms. The van der Waals surface area contributed by atoms with E-state index >= 15 is 0 Å². The Kier molecular flexibility index (Phi) is 5.98. The summed E-state index contributed by atoms with van der Waals surface area (Å²) in [5.41, 5.74) is -3.50. The van der Waals surface area contributed by atoms with Crippen molar-refractivity contribution in [1.29, 1.82) is 0 Å². The van der Waals surface area contributed by atoms with Crippen molar-refractivity contribution in [2.45, 2.75) is 48.8 Å². The summed E-state index contributed by atoms with van der Waals surface area (Å²) in [5, 5.41) is 10.00. The molecule has 0 heterocycles. The van der Waals surface area contributed by atoms with Crippen molar-refractivity contribution in [1.82, 2.24) is 0 Å². The van der Waals surface area contributed by atoms with Gasteiger partial charge in [-0.15, -0.1) is 0 Å². The van der Waals surface area contributed by atoms with Gasteiger partial charge in [0.05, 0.1) is 12.0 Å². The van der Waals surface area contributed by atoms with E-state index in [1.165, 1.54) is 6.07 Å². The van der Waals surface area contributed by atoms with Gasteiger partial charge in [-0.2, -0.15) is 48.3 Å². The number of aliphatic hydroxyl groups is 1. The van der Waals surface area contributed by atoms with Crippen LogP contribution in [-0.2, 0) is 5.60 Å². The van der Waals surface area contributed by atoms with Gasteiger partial charge >= 0.3 is 29.9 Å². The van der Waals surface area contributed by atoms with E-state index in [9.17, 15) is 53.4 Å². The lowest BCUT2D eigenvalue weighted by Crippen LogP contribution is -2.67. The summed E-state index contributed by atoms with van der Waals surface area (Å²) < 4.78 is 143. The molecule has 0 aliphatic heterocycles. The van der Waals surface area contributed by atoms with Crippen molar-refractivity contribution < 1.29 is 53.4 Å². The minimum atomic E-state index is -7.49. The Balaban J connectivity index is 3.38. The van der Waals surface area contributed by atoms with Gasteiger partial charge in [-0.05, 0) is 18.6 Å². The zero-order valence-corrected chi connectivity index (χ0v) is 14.6. The first-order chi connectivity index (χ1) is 11.7. The first kappa shape index (κ1) is 23.9. The predicted molar refractivity (Wildman–Crippen MR) is 74.2 cm³/mol. The van der Waals surface area contributed by atoms with E-state index in [4.69, 9.17) is 0 Å². The maximum absolute atomic E-state index is 13.8. The summed E-state index contributed by atoms with van der Waals surface area (Å²) >= 11 is 2.78. The minimum absolute atomic E-state index is 0.124. The van der Waals surface area contributed by atoms with E-state index < -0.39 is 47.5 Å². The molecule has 1 aromatic rings. The van der Waals surface area contributed by atoms with Gasteiger partial charge in [-0.25, -0.2) is 0 Å². The SMILES string of the molecule is CC(O)(CC(F)(F)C(F)(F)C(F)(F)C(F)(F)C(F)(F)F)c1ccccc1Br. The van der Waals surface area contributed by atoms with Crippen molar-refractivity contribution >= 4 is 15.9 Å². The topological polar surface area (TPSA) is 20.2 Å². The predicted octanol–water partition coefficient (Wildman–Crippen LogP) is 6.15. The van der Waals surface area contributed by atoms with Gasteiger partial charge < -0.3 is 5.11 Å². The Morgan fingerprint density at radius 1 is 0.778 bits per heavy atom. The number of halogens is 12. The second-order valence-electron chi connectivity index (χ2n) is 5.86. The Morgan fingerprint density at radius 2 is 1.22 bits per heavy atom. The molecule has 1 aromatic carbocycles. The Hall–Kier alpha value is -1.11. The van der Waals surface area contributed by atoms with Gasteiger partial charge in [-0.3, -0.25) is 0 Å². The van der Waals surface area contributed by atoms with Gasteiger partial charge in [0.25, 0.3) is 0 Å². The minimum Gasteiger partial charge on any atom is -0.385 e. The molecule has 1 rings (SSSR count). The molecule has 0 saturated carbocycles. The zero-order chi connectivity index (χ0) is 21.7. The van der Waals surface area contributed by atoms with E-state index in [1.807, 2.05) is 0 Å². The third kappa shape index (κ3) is 3.89. The summed E-state index contributed by atoms with van der Waals surface area (Å²) in [7, 11) is 0. The van der Waals surface area contributed by atoms with Crippen LogP contribution in [0.15, 0.2) is 28.7 Å². The van der Waals surface area contributed by atoms with Gasteiger partial charge in [0.15, 0.2) is 0 Å². The third-order valence-electron chi connectivity index (χ3n) is 3.62. The van der Waals surface area contributed by atoms with Crippen LogP contribution in [-0.4, -0.2) is 35.0 Å². The average Bonchev–Trinajstić information content (AvgIpc) is 2.44. The molecule has 0 radical (unpaired) electrons. The number of hydrogen-bond donors (Lipinski definition) is 1. The van der Waals surface area contributed by atoms with Crippen LogP contribution in [0.3, 0.4) is 0 Å². The van der Waals surface area contributed by atoms with E-state index in [0.29, 0.717) is 6.92 Å². The second kappa shape index (κ2) is 6.75. The highest BCUT2D eigenvalue weighted by Crippen LogP contribution is 2.59. The monoisotopic (exact) mass is 482 g/mol. The molecule has 156 valence electrons.